The van der Waals surface area contributed by atoms with Crippen LogP contribution >= 0.6 is 0 Å². The van der Waals surface area contributed by atoms with Gasteiger partial charge in [-0.3, -0.25) is 0 Å². The monoisotopic (exact) mass is 250 g/mol. The molecular formula is C15H10N2O2. The van der Waals surface area contributed by atoms with Gasteiger partial charge in [-0.15, -0.1) is 0 Å². The number of nitrogens with zero attached hydrogens (tertiary/aromatic N) is 2. The Labute approximate surface area is 111 Å². The van der Waals surface area contributed by atoms with Gasteiger partial charge in [0.2, 0.25) is 0 Å². The number of ether oxygens (including phenoxy) is 2. The molecule has 0 bridgehead atoms. The molecule has 0 saturated carbocycles. The van der Waals surface area contributed by atoms with E-state index in [1.54, 1.807) is 18.2 Å². The maximum atomic E-state index is 9.19. The number of benzene rings is 2. The van der Waals surface area contributed by atoms with Crippen LogP contribution in [0.2, 0.25) is 0 Å². The molecule has 0 heterocycles. The molecular weight excluding hydrogens is 240 g/mol. The average molecular weight is 250 g/mol. The summed E-state index contributed by atoms with van der Waals surface area (Å²) in [7, 11) is 1.49. The van der Waals surface area contributed by atoms with Gasteiger partial charge in [0.1, 0.15) is 23.5 Å². The van der Waals surface area contributed by atoms with Crippen LogP contribution in [0.25, 0.3) is 0 Å². The first-order valence-electron chi connectivity index (χ1n) is 5.54. The molecule has 0 N–H and O–H groups in total. The van der Waals surface area contributed by atoms with Crippen molar-refractivity contribution in [1.29, 1.82) is 10.5 Å². The topological polar surface area (TPSA) is 66.0 Å². The van der Waals surface area contributed by atoms with E-state index in [-0.39, 0.29) is 16.9 Å². The lowest BCUT2D eigenvalue weighted by Gasteiger charge is -2.12. The minimum absolute atomic E-state index is 0.172. The largest absolute Gasteiger partial charge is 0.493 e. The maximum Gasteiger partial charge on any atom is 0.188 e. The van der Waals surface area contributed by atoms with E-state index in [0.29, 0.717) is 11.5 Å². The molecule has 2 rings (SSSR count). The second-order valence-electron chi connectivity index (χ2n) is 3.66. The highest BCUT2D eigenvalue weighted by molar-refractivity contribution is 5.61. The van der Waals surface area contributed by atoms with Crippen molar-refractivity contribution in [3.63, 3.8) is 0 Å². The van der Waals surface area contributed by atoms with Gasteiger partial charge in [-0.2, -0.15) is 10.5 Å². The summed E-state index contributed by atoms with van der Waals surface area (Å²) in [6.45, 7) is 0. The molecule has 0 aliphatic heterocycles. The summed E-state index contributed by atoms with van der Waals surface area (Å²) in [5.74, 6) is 1.25. The number of methoxy groups -OCH3 is 1. The van der Waals surface area contributed by atoms with Crippen LogP contribution in [-0.2, 0) is 0 Å². The quantitative estimate of drug-likeness (QED) is 0.838. The fraction of sp³-hybridized carbons (Fsp3) is 0.0667. The van der Waals surface area contributed by atoms with Crippen molar-refractivity contribution in [3.8, 4) is 29.4 Å². The fourth-order valence-electron chi connectivity index (χ4n) is 1.64. The van der Waals surface area contributed by atoms with Gasteiger partial charge in [-0.1, -0.05) is 18.2 Å². The van der Waals surface area contributed by atoms with Crippen LogP contribution in [0.3, 0.4) is 0 Å². The highest BCUT2D eigenvalue weighted by atomic mass is 16.5. The van der Waals surface area contributed by atoms with E-state index in [1.165, 1.54) is 13.2 Å². The Hall–Kier alpha value is -2.98. The van der Waals surface area contributed by atoms with Crippen molar-refractivity contribution in [3.05, 3.63) is 53.6 Å². The summed E-state index contributed by atoms with van der Waals surface area (Å²) in [4.78, 5) is 0. The zero-order valence-corrected chi connectivity index (χ0v) is 10.3. The molecule has 0 saturated heterocycles. The molecule has 4 nitrogen and oxygen atoms in total. The van der Waals surface area contributed by atoms with Crippen molar-refractivity contribution in [2.75, 3.05) is 7.11 Å². The Morgan fingerprint density at radius 1 is 0.947 bits per heavy atom. The Balaban J connectivity index is 2.55. The highest BCUT2D eigenvalue weighted by Crippen LogP contribution is 2.36. The Bertz CT molecular complexity index is 667. The van der Waals surface area contributed by atoms with E-state index < -0.39 is 0 Å². The zero-order chi connectivity index (χ0) is 13.7. The van der Waals surface area contributed by atoms with Crippen LogP contribution in [0.5, 0.6) is 17.2 Å². The number of hydrogen-bond acceptors (Lipinski definition) is 4. The minimum Gasteiger partial charge on any atom is -0.493 e. The van der Waals surface area contributed by atoms with Gasteiger partial charge >= 0.3 is 0 Å². The second-order valence-corrected chi connectivity index (χ2v) is 3.66. The number of hydrogen-bond donors (Lipinski definition) is 0. The van der Waals surface area contributed by atoms with Crippen LogP contribution in [0.4, 0.5) is 0 Å². The van der Waals surface area contributed by atoms with E-state index in [1.807, 2.05) is 30.3 Å². The first-order valence-corrected chi connectivity index (χ1v) is 5.54. The fourth-order valence-corrected chi connectivity index (χ4v) is 1.64. The zero-order valence-electron chi connectivity index (χ0n) is 10.3. The van der Waals surface area contributed by atoms with Crippen molar-refractivity contribution in [2.45, 2.75) is 0 Å². The van der Waals surface area contributed by atoms with Gasteiger partial charge in [0.15, 0.2) is 11.5 Å². The van der Waals surface area contributed by atoms with E-state index in [0.717, 1.165) is 0 Å². The van der Waals surface area contributed by atoms with E-state index in [9.17, 15) is 5.26 Å². The summed E-state index contributed by atoms with van der Waals surface area (Å²) >= 11 is 0. The predicted molar refractivity (Wildman–Crippen MR) is 68.9 cm³/mol. The van der Waals surface area contributed by atoms with Crippen LogP contribution < -0.4 is 9.47 Å². The standard InChI is InChI=1S/C15H10N2O2/c1-18-14-8-7-11(9-16)13(10-17)15(14)19-12-5-3-2-4-6-12/h2-8H,1H3. The summed E-state index contributed by atoms with van der Waals surface area (Å²) in [5.41, 5.74) is 0.430. The molecule has 92 valence electrons. The SMILES string of the molecule is COc1ccc(C#N)c(C#N)c1Oc1ccccc1. The van der Waals surface area contributed by atoms with Gasteiger partial charge in [-0.05, 0) is 24.3 Å². The molecule has 0 amide bonds. The van der Waals surface area contributed by atoms with Crippen LogP contribution in [-0.4, -0.2) is 7.11 Å². The minimum atomic E-state index is 0.172. The van der Waals surface area contributed by atoms with Crippen molar-refractivity contribution in [1.82, 2.24) is 0 Å². The molecule has 19 heavy (non-hydrogen) atoms. The predicted octanol–water partition coefficient (Wildman–Crippen LogP) is 3.23. The molecule has 4 heteroatoms. The molecule has 2 aromatic rings. The first kappa shape index (κ1) is 12.5. The van der Waals surface area contributed by atoms with Gasteiger partial charge in [0.25, 0.3) is 0 Å². The summed E-state index contributed by atoms with van der Waals surface area (Å²) in [5, 5.41) is 18.2. The molecule has 0 unspecified atom stereocenters. The van der Waals surface area contributed by atoms with Gasteiger partial charge in [0, 0.05) is 0 Å². The highest BCUT2D eigenvalue weighted by Gasteiger charge is 2.16. The molecule has 0 radical (unpaired) electrons. The molecule has 0 aromatic heterocycles. The van der Waals surface area contributed by atoms with Crippen molar-refractivity contribution < 1.29 is 9.47 Å². The number of nitriles is 2. The Kier molecular flexibility index (Phi) is 3.66. The number of rotatable bonds is 3. The molecule has 2 aromatic carbocycles. The van der Waals surface area contributed by atoms with Gasteiger partial charge in [0.05, 0.1) is 12.7 Å². The summed E-state index contributed by atoms with van der Waals surface area (Å²) in [6.07, 6.45) is 0. The molecule has 0 aliphatic rings. The molecule has 0 fully saturated rings. The molecule has 0 atom stereocenters. The van der Waals surface area contributed by atoms with Crippen LogP contribution in [0.15, 0.2) is 42.5 Å². The molecule has 0 spiro atoms. The first-order chi connectivity index (χ1) is 9.30. The smallest absolute Gasteiger partial charge is 0.188 e. The van der Waals surface area contributed by atoms with Crippen LogP contribution in [0, 0.1) is 22.7 Å². The van der Waals surface area contributed by atoms with Gasteiger partial charge in [-0.25, -0.2) is 0 Å². The Morgan fingerprint density at radius 3 is 2.26 bits per heavy atom. The lowest BCUT2D eigenvalue weighted by Crippen LogP contribution is -1.96. The van der Waals surface area contributed by atoms with E-state index in [2.05, 4.69) is 0 Å². The normalized spacial score (nSPS) is 9.21. The third kappa shape index (κ3) is 2.48. The van der Waals surface area contributed by atoms with Gasteiger partial charge < -0.3 is 9.47 Å². The van der Waals surface area contributed by atoms with E-state index in [4.69, 9.17) is 14.7 Å². The molecule has 0 aliphatic carbocycles. The summed E-state index contributed by atoms with van der Waals surface area (Å²) < 4.78 is 10.8. The Morgan fingerprint density at radius 2 is 1.68 bits per heavy atom. The average Bonchev–Trinajstić information content (AvgIpc) is 2.47. The maximum absolute atomic E-state index is 9.19. The number of para-hydroxylation sites is 1. The second kappa shape index (κ2) is 5.57. The third-order valence-electron chi connectivity index (χ3n) is 2.54. The third-order valence-corrected chi connectivity index (χ3v) is 2.54. The summed E-state index contributed by atoms with van der Waals surface area (Å²) in [6, 6.07) is 16.1. The van der Waals surface area contributed by atoms with Crippen molar-refractivity contribution >= 4 is 0 Å². The lowest BCUT2D eigenvalue weighted by molar-refractivity contribution is 0.378. The lowest BCUT2D eigenvalue weighted by atomic mass is 10.1. The van der Waals surface area contributed by atoms with E-state index >= 15 is 0 Å². The van der Waals surface area contributed by atoms with Crippen molar-refractivity contribution in [2.24, 2.45) is 0 Å². The van der Waals surface area contributed by atoms with Crippen LogP contribution in [0.1, 0.15) is 11.1 Å².